The molecule has 0 radical (unpaired) electrons. The summed E-state index contributed by atoms with van der Waals surface area (Å²) in [5.74, 6) is 0.876. The fourth-order valence-corrected chi connectivity index (χ4v) is 1.53. The number of para-hydroxylation sites is 1. The largest absolute Gasteiger partial charge is 0.484 e. The van der Waals surface area contributed by atoms with Gasteiger partial charge in [-0.15, -0.1) is 0 Å². The molecule has 2 aromatic rings. The Balaban J connectivity index is 2.12. The van der Waals surface area contributed by atoms with Gasteiger partial charge in [0, 0.05) is 23.9 Å². The maximum absolute atomic E-state index is 12.1. The van der Waals surface area contributed by atoms with Crippen molar-refractivity contribution in [2.24, 2.45) is 0 Å². The van der Waals surface area contributed by atoms with Crippen molar-refractivity contribution >= 4 is 5.69 Å². The fraction of sp³-hybridized carbons (Fsp3) is 0.143. The molecule has 2 N–H and O–H groups in total. The Labute approximate surface area is 113 Å². The van der Waals surface area contributed by atoms with E-state index in [1.165, 1.54) is 18.2 Å². The maximum Gasteiger partial charge on any atom is 0.422 e. The van der Waals surface area contributed by atoms with Crippen molar-refractivity contribution in [2.75, 3.05) is 12.3 Å². The van der Waals surface area contributed by atoms with E-state index in [4.69, 9.17) is 10.5 Å². The zero-order chi connectivity index (χ0) is 14.6. The Morgan fingerprint density at radius 2 is 1.55 bits per heavy atom. The van der Waals surface area contributed by atoms with Crippen LogP contribution in [0.2, 0.25) is 0 Å². The minimum absolute atomic E-state index is 0.00764. The predicted octanol–water partition coefficient (Wildman–Crippen LogP) is 4.00. The highest BCUT2D eigenvalue weighted by molar-refractivity contribution is 5.51. The van der Waals surface area contributed by atoms with Crippen LogP contribution in [0.1, 0.15) is 0 Å². The Morgan fingerprint density at radius 3 is 2.20 bits per heavy atom. The molecule has 0 aliphatic carbocycles. The van der Waals surface area contributed by atoms with E-state index in [0.29, 0.717) is 11.5 Å². The normalized spacial score (nSPS) is 11.2. The predicted molar refractivity (Wildman–Crippen MR) is 68.9 cm³/mol. The molecule has 0 aliphatic rings. The summed E-state index contributed by atoms with van der Waals surface area (Å²) in [5.41, 5.74) is 5.87. The van der Waals surface area contributed by atoms with Crippen LogP contribution in [0, 0.1) is 0 Å². The van der Waals surface area contributed by atoms with E-state index >= 15 is 0 Å². The van der Waals surface area contributed by atoms with Crippen molar-refractivity contribution in [2.45, 2.75) is 6.18 Å². The number of hydrogen-bond donors (Lipinski definition) is 1. The Morgan fingerprint density at radius 1 is 0.900 bits per heavy atom. The van der Waals surface area contributed by atoms with E-state index in [9.17, 15) is 13.2 Å². The number of alkyl halides is 3. The molecule has 0 spiro atoms. The SMILES string of the molecule is Nc1cc(OCC(F)(F)F)cc(Oc2ccccc2)c1. The van der Waals surface area contributed by atoms with Gasteiger partial charge in [-0.25, -0.2) is 0 Å². The molecule has 0 fully saturated rings. The van der Waals surface area contributed by atoms with Crippen LogP contribution >= 0.6 is 0 Å². The molecular formula is C14H12F3NO2. The van der Waals surface area contributed by atoms with Gasteiger partial charge in [0.2, 0.25) is 0 Å². The van der Waals surface area contributed by atoms with Gasteiger partial charge in [0.15, 0.2) is 6.61 Å². The summed E-state index contributed by atoms with van der Waals surface area (Å²) in [7, 11) is 0. The van der Waals surface area contributed by atoms with Crippen molar-refractivity contribution < 1.29 is 22.6 Å². The molecule has 0 aromatic heterocycles. The summed E-state index contributed by atoms with van der Waals surface area (Å²) < 4.78 is 46.4. The molecule has 20 heavy (non-hydrogen) atoms. The van der Waals surface area contributed by atoms with E-state index in [-0.39, 0.29) is 11.4 Å². The summed E-state index contributed by atoms with van der Waals surface area (Å²) in [6, 6.07) is 13.0. The molecule has 0 atom stereocenters. The zero-order valence-corrected chi connectivity index (χ0v) is 10.4. The van der Waals surface area contributed by atoms with Crippen LogP contribution in [0.15, 0.2) is 48.5 Å². The van der Waals surface area contributed by atoms with Crippen LogP contribution in [0.4, 0.5) is 18.9 Å². The van der Waals surface area contributed by atoms with Crippen LogP contribution in [0.5, 0.6) is 17.2 Å². The Bertz CT molecular complexity index is 570. The quantitative estimate of drug-likeness (QED) is 0.862. The standard InChI is InChI=1S/C14H12F3NO2/c15-14(16,17)9-19-12-6-10(18)7-13(8-12)20-11-4-2-1-3-5-11/h1-8H,9,18H2. The third kappa shape index (κ3) is 4.38. The van der Waals surface area contributed by atoms with Gasteiger partial charge in [-0.3, -0.25) is 0 Å². The molecule has 0 unspecified atom stereocenters. The number of hydrogen-bond acceptors (Lipinski definition) is 3. The maximum atomic E-state index is 12.1. The number of benzene rings is 2. The number of anilines is 1. The highest BCUT2D eigenvalue weighted by atomic mass is 19.4. The number of nitrogens with two attached hydrogens (primary N) is 1. The molecule has 0 heterocycles. The molecule has 0 saturated carbocycles. The van der Waals surface area contributed by atoms with Gasteiger partial charge in [-0.2, -0.15) is 13.2 Å². The lowest BCUT2D eigenvalue weighted by Gasteiger charge is -2.12. The lowest BCUT2D eigenvalue weighted by Crippen LogP contribution is -2.19. The number of rotatable bonds is 4. The van der Waals surface area contributed by atoms with Gasteiger partial charge in [-0.05, 0) is 12.1 Å². The number of nitrogen functional groups attached to an aromatic ring is 1. The van der Waals surface area contributed by atoms with Crippen molar-refractivity contribution in [1.29, 1.82) is 0 Å². The molecule has 106 valence electrons. The highest BCUT2D eigenvalue weighted by Gasteiger charge is 2.28. The smallest absolute Gasteiger partial charge is 0.422 e. The van der Waals surface area contributed by atoms with Gasteiger partial charge in [0.25, 0.3) is 0 Å². The summed E-state index contributed by atoms with van der Waals surface area (Å²) in [4.78, 5) is 0. The van der Waals surface area contributed by atoms with Gasteiger partial charge in [-0.1, -0.05) is 18.2 Å². The molecule has 3 nitrogen and oxygen atoms in total. The van der Waals surface area contributed by atoms with Crippen LogP contribution < -0.4 is 15.2 Å². The minimum Gasteiger partial charge on any atom is -0.484 e. The minimum atomic E-state index is -4.40. The van der Waals surface area contributed by atoms with Gasteiger partial charge >= 0.3 is 6.18 Å². The van der Waals surface area contributed by atoms with Crippen molar-refractivity contribution in [3.05, 3.63) is 48.5 Å². The van der Waals surface area contributed by atoms with Crippen LogP contribution in [-0.2, 0) is 0 Å². The first kappa shape index (κ1) is 14.0. The van der Waals surface area contributed by atoms with E-state index in [1.807, 2.05) is 6.07 Å². The molecule has 6 heteroatoms. The second-order valence-corrected chi connectivity index (χ2v) is 4.06. The first-order valence-electron chi connectivity index (χ1n) is 5.75. The average Bonchev–Trinajstić information content (AvgIpc) is 2.36. The Kier molecular flexibility index (Phi) is 4.02. The lowest BCUT2D eigenvalue weighted by atomic mass is 10.3. The van der Waals surface area contributed by atoms with E-state index in [0.717, 1.165) is 0 Å². The summed E-state index contributed by atoms with van der Waals surface area (Å²) in [5, 5.41) is 0. The fourth-order valence-electron chi connectivity index (χ4n) is 1.53. The second-order valence-electron chi connectivity index (χ2n) is 4.06. The van der Waals surface area contributed by atoms with Crippen LogP contribution in [0.3, 0.4) is 0 Å². The van der Waals surface area contributed by atoms with Crippen molar-refractivity contribution in [3.63, 3.8) is 0 Å². The van der Waals surface area contributed by atoms with Crippen molar-refractivity contribution in [1.82, 2.24) is 0 Å². The molecular weight excluding hydrogens is 271 g/mol. The van der Waals surface area contributed by atoms with Crippen LogP contribution in [-0.4, -0.2) is 12.8 Å². The second kappa shape index (κ2) is 5.73. The first-order valence-corrected chi connectivity index (χ1v) is 5.75. The van der Waals surface area contributed by atoms with E-state index in [1.54, 1.807) is 24.3 Å². The summed E-state index contributed by atoms with van der Waals surface area (Å²) >= 11 is 0. The van der Waals surface area contributed by atoms with Gasteiger partial charge in [0.05, 0.1) is 0 Å². The molecule has 2 aromatic carbocycles. The molecule has 0 bridgehead atoms. The van der Waals surface area contributed by atoms with Crippen LogP contribution in [0.25, 0.3) is 0 Å². The first-order chi connectivity index (χ1) is 9.42. The third-order valence-electron chi connectivity index (χ3n) is 2.28. The summed E-state index contributed by atoms with van der Waals surface area (Å²) in [6.07, 6.45) is -4.40. The third-order valence-corrected chi connectivity index (χ3v) is 2.28. The van der Waals surface area contributed by atoms with E-state index in [2.05, 4.69) is 4.74 Å². The number of halogens is 3. The van der Waals surface area contributed by atoms with E-state index < -0.39 is 12.8 Å². The lowest BCUT2D eigenvalue weighted by molar-refractivity contribution is -0.153. The van der Waals surface area contributed by atoms with Crippen molar-refractivity contribution in [3.8, 4) is 17.2 Å². The number of ether oxygens (including phenoxy) is 2. The topological polar surface area (TPSA) is 44.5 Å². The monoisotopic (exact) mass is 283 g/mol. The molecule has 0 aliphatic heterocycles. The highest BCUT2D eigenvalue weighted by Crippen LogP contribution is 2.29. The van der Waals surface area contributed by atoms with Gasteiger partial charge < -0.3 is 15.2 Å². The average molecular weight is 283 g/mol. The Hall–Kier alpha value is -2.37. The molecule has 0 amide bonds. The molecule has 2 rings (SSSR count). The van der Waals surface area contributed by atoms with Gasteiger partial charge in [0.1, 0.15) is 17.2 Å². The molecule has 0 saturated heterocycles. The summed E-state index contributed by atoms with van der Waals surface area (Å²) in [6.45, 7) is -1.37. The zero-order valence-electron chi connectivity index (χ0n) is 10.4.